The summed E-state index contributed by atoms with van der Waals surface area (Å²) in [6.45, 7) is 2.11. The third-order valence-electron chi connectivity index (χ3n) is 3.04. The first-order chi connectivity index (χ1) is 10.2. The lowest BCUT2D eigenvalue weighted by Crippen LogP contribution is -1.93. The predicted molar refractivity (Wildman–Crippen MR) is 86.1 cm³/mol. The third-order valence-corrected chi connectivity index (χ3v) is 4.24. The fourth-order valence-electron chi connectivity index (χ4n) is 1.99. The number of nitro groups is 1. The number of methoxy groups -OCH3 is 1. The Morgan fingerprint density at radius 3 is 2.48 bits per heavy atom. The number of ether oxygens (including phenoxy) is 1. The van der Waals surface area contributed by atoms with Gasteiger partial charge in [0.1, 0.15) is 5.75 Å². The number of hydrogen-bond donors (Lipinski definition) is 0. The van der Waals surface area contributed by atoms with Crippen molar-refractivity contribution in [3.05, 3.63) is 52.6 Å². The largest absolute Gasteiger partial charge is 0.497 e. The summed E-state index contributed by atoms with van der Waals surface area (Å²) in [4.78, 5) is 11.9. The Balaban J connectivity index is 2.43. The van der Waals surface area contributed by atoms with Crippen LogP contribution in [0.5, 0.6) is 5.75 Å². The number of nitrogens with zero attached hydrogens (tertiary/aromatic N) is 1. The van der Waals surface area contributed by atoms with Gasteiger partial charge in [0.15, 0.2) is 0 Å². The summed E-state index contributed by atoms with van der Waals surface area (Å²) in [5.41, 5.74) is 1.59. The van der Waals surface area contributed by atoms with Crippen LogP contribution in [0.25, 0.3) is 11.1 Å². The van der Waals surface area contributed by atoms with E-state index in [2.05, 4.69) is 6.92 Å². The lowest BCUT2D eigenvalue weighted by Gasteiger charge is -2.07. The number of hydrogen-bond acceptors (Lipinski definition) is 4. The van der Waals surface area contributed by atoms with Crippen molar-refractivity contribution in [3.8, 4) is 16.9 Å². The molecule has 0 aliphatic rings. The van der Waals surface area contributed by atoms with Crippen molar-refractivity contribution in [1.82, 2.24) is 0 Å². The van der Waals surface area contributed by atoms with E-state index in [9.17, 15) is 10.1 Å². The van der Waals surface area contributed by atoms with E-state index in [-0.39, 0.29) is 10.6 Å². The second kappa shape index (κ2) is 7.13. The van der Waals surface area contributed by atoms with Crippen LogP contribution in [-0.2, 0) is 0 Å². The Hall–Kier alpha value is -2.01. The molecule has 0 atom stereocenters. The van der Waals surface area contributed by atoms with Gasteiger partial charge in [-0.25, -0.2) is 0 Å². The van der Waals surface area contributed by atoms with Crippen molar-refractivity contribution in [2.24, 2.45) is 0 Å². The van der Waals surface area contributed by atoms with Crippen molar-refractivity contribution < 1.29 is 9.66 Å². The SMILES string of the molecule is CCCSc1ccc([N+](=O)[O-])c(-c2ccc(OC)cc2)c1. The highest BCUT2D eigenvalue weighted by Crippen LogP contribution is 2.34. The van der Waals surface area contributed by atoms with Gasteiger partial charge in [0.25, 0.3) is 5.69 Å². The van der Waals surface area contributed by atoms with Crippen LogP contribution in [0.4, 0.5) is 5.69 Å². The van der Waals surface area contributed by atoms with Gasteiger partial charge in [0, 0.05) is 11.0 Å². The molecular formula is C16H17NO3S. The Labute approximate surface area is 128 Å². The molecule has 5 heteroatoms. The van der Waals surface area contributed by atoms with Crippen LogP contribution in [0.15, 0.2) is 47.4 Å². The molecule has 110 valence electrons. The minimum Gasteiger partial charge on any atom is -0.497 e. The minimum absolute atomic E-state index is 0.126. The standard InChI is InChI=1S/C16H17NO3S/c1-3-10-21-14-8-9-16(17(18)19)15(11-14)12-4-6-13(20-2)7-5-12/h4-9,11H,3,10H2,1-2H3. The maximum atomic E-state index is 11.2. The first-order valence-electron chi connectivity index (χ1n) is 6.71. The number of benzene rings is 2. The topological polar surface area (TPSA) is 52.4 Å². The van der Waals surface area contributed by atoms with Crippen molar-refractivity contribution in [3.63, 3.8) is 0 Å². The lowest BCUT2D eigenvalue weighted by molar-refractivity contribution is -0.384. The van der Waals surface area contributed by atoms with Gasteiger partial charge in [-0.2, -0.15) is 0 Å². The summed E-state index contributed by atoms with van der Waals surface area (Å²) in [7, 11) is 1.60. The molecule has 0 amide bonds. The highest BCUT2D eigenvalue weighted by molar-refractivity contribution is 7.99. The van der Waals surface area contributed by atoms with E-state index in [1.807, 2.05) is 36.4 Å². The maximum Gasteiger partial charge on any atom is 0.277 e. The van der Waals surface area contributed by atoms with Crippen LogP contribution in [0, 0.1) is 10.1 Å². The van der Waals surface area contributed by atoms with E-state index in [1.165, 1.54) is 0 Å². The molecule has 0 spiro atoms. The van der Waals surface area contributed by atoms with E-state index < -0.39 is 0 Å². The summed E-state index contributed by atoms with van der Waals surface area (Å²) in [6, 6.07) is 12.6. The highest BCUT2D eigenvalue weighted by atomic mass is 32.2. The molecule has 0 aliphatic heterocycles. The molecule has 21 heavy (non-hydrogen) atoms. The van der Waals surface area contributed by atoms with Gasteiger partial charge in [-0.1, -0.05) is 19.1 Å². The zero-order valence-electron chi connectivity index (χ0n) is 12.0. The third kappa shape index (κ3) is 3.76. The monoisotopic (exact) mass is 303 g/mol. The first kappa shape index (κ1) is 15.4. The molecule has 2 aromatic rings. The van der Waals surface area contributed by atoms with Crippen LogP contribution >= 0.6 is 11.8 Å². The van der Waals surface area contributed by atoms with Crippen LogP contribution in [0.1, 0.15) is 13.3 Å². The molecule has 2 rings (SSSR count). The molecule has 0 aliphatic carbocycles. The van der Waals surface area contributed by atoms with Gasteiger partial charge in [-0.15, -0.1) is 11.8 Å². The van der Waals surface area contributed by atoms with Crippen molar-refractivity contribution >= 4 is 17.4 Å². The molecule has 0 N–H and O–H groups in total. The van der Waals surface area contributed by atoms with E-state index in [0.29, 0.717) is 5.56 Å². The fourth-order valence-corrected chi connectivity index (χ4v) is 2.79. The van der Waals surface area contributed by atoms with Crippen LogP contribution < -0.4 is 4.74 Å². The average molecular weight is 303 g/mol. The summed E-state index contributed by atoms with van der Waals surface area (Å²) in [5, 5.41) is 11.2. The maximum absolute atomic E-state index is 11.2. The quantitative estimate of drug-likeness (QED) is 0.438. The van der Waals surface area contributed by atoms with Gasteiger partial charge in [-0.3, -0.25) is 10.1 Å². The minimum atomic E-state index is -0.339. The molecule has 0 heterocycles. The smallest absolute Gasteiger partial charge is 0.277 e. The van der Waals surface area contributed by atoms with Crippen molar-refractivity contribution in [2.45, 2.75) is 18.2 Å². The second-order valence-corrected chi connectivity index (χ2v) is 5.68. The molecule has 2 aromatic carbocycles. The number of thioether (sulfide) groups is 1. The summed E-state index contributed by atoms with van der Waals surface area (Å²) >= 11 is 1.71. The molecule has 0 saturated carbocycles. The molecular weight excluding hydrogens is 286 g/mol. The van der Waals surface area contributed by atoms with Gasteiger partial charge in [0.2, 0.25) is 0 Å². The molecule has 0 radical (unpaired) electrons. The molecule has 0 saturated heterocycles. The Bertz CT molecular complexity index is 626. The molecule has 0 aromatic heterocycles. The summed E-state index contributed by atoms with van der Waals surface area (Å²) in [5.74, 6) is 1.73. The van der Waals surface area contributed by atoms with Crippen LogP contribution in [0.3, 0.4) is 0 Å². The fraction of sp³-hybridized carbons (Fsp3) is 0.250. The molecule has 4 nitrogen and oxygen atoms in total. The highest BCUT2D eigenvalue weighted by Gasteiger charge is 2.16. The number of nitro benzene ring substituents is 1. The molecule has 0 fully saturated rings. The Morgan fingerprint density at radius 1 is 1.19 bits per heavy atom. The predicted octanol–water partition coefficient (Wildman–Crippen LogP) is 4.77. The van der Waals surface area contributed by atoms with Gasteiger partial charge >= 0.3 is 0 Å². The van der Waals surface area contributed by atoms with Crippen LogP contribution in [0.2, 0.25) is 0 Å². The van der Waals surface area contributed by atoms with E-state index in [0.717, 1.165) is 28.4 Å². The van der Waals surface area contributed by atoms with Crippen molar-refractivity contribution in [2.75, 3.05) is 12.9 Å². The average Bonchev–Trinajstić information content (AvgIpc) is 2.52. The van der Waals surface area contributed by atoms with E-state index in [4.69, 9.17) is 4.74 Å². The van der Waals surface area contributed by atoms with Gasteiger partial charge in [-0.05, 0) is 42.0 Å². The van der Waals surface area contributed by atoms with Crippen LogP contribution in [-0.4, -0.2) is 17.8 Å². The van der Waals surface area contributed by atoms with E-state index >= 15 is 0 Å². The van der Waals surface area contributed by atoms with Gasteiger partial charge < -0.3 is 4.74 Å². The summed E-state index contributed by atoms with van der Waals surface area (Å²) in [6.07, 6.45) is 1.07. The van der Waals surface area contributed by atoms with E-state index in [1.54, 1.807) is 24.9 Å². The second-order valence-electron chi connectivity index (χ2n) is 4.51. The molecule has 0 unspecified atom stereocenters. The summed E-state index contributed by atoms with van der Waals surface area (Å²) < 4.78 is 5.12. The Morgan fingerprint density at radius 2 is 1.90 bits per heavy atom. The lowest BCUT2D eigenvalue weighted by atomic mass is 10.0. The normalized spacial score (nSPS) is 10.4. The first-order valence-corrected chi connectivity index (χ1v) is 7.70. The zero-order chi connectivity index (χ0) is 15.2. The Kier molecular flexibility index (Phi) is 5.22. The van der Waals surface area contributed by atoms with Gasteiger partial charge in [0.05, 0.1) is 17.6 Å². The number of rotatable bonds is 6. The van der Waals surface area contributed by atoms with Crippen molar-refractivity contribution in [1.29, 1.82) is 0 Å². The molecule has 0 bridgehead atoms. The zero-order valence-corrected chi connectivity index (χ0v) is 12.9.